The summed E-state index contributed by atoms with van der Waals surface area (Å²) in [5, 5.41) is 2.79. The molecule has 1 amide bonds. The molecule has 1 aliphatic heterocycles. The number of nitrogens with two attached hydrogens (primary N) is 1. The third kappa shape index (κ3) is 3.27. The number of rotatable bonds is 2. The lowest BCUT2D eigenvalue weighted by Crippen LogP contribution is -2.46. The average molecular weight is 347 g/mol. The van der Waals surface area contributed by atoms with Gasteiger partial charge in [0.2, 0.25) is 0 Å². The number of carbonyl (C=O) groups excluding carboxylic acids is 1. The molecule has 0 aliphatic carbocycles. The van der Waals surface area contributed by atoms with Crippen molar-refractivity contribution in [2.75, 3.05) is 17.2 Å². The molecular formula is C12H15BrN2O3S. The molecule has 0 radical (unpaired) electrons. The monoisotopic (exact) mass is 346 g/mol. The fourth-order valence-electron chi connectivity index (χ4n) is 2.12. The van der Waals surface area contributed by atoms with Gasteiger partial charge in [-0.1, -0.05) is 0 Å². The molecule has 1 aromatic rings. The summed E-state index contributed by atoms with van der Waals surface area (Å²) in [6.07, 6.45) is 0.442. The van der Waals surface area contributed by atoms with Gasteiger partial charge in [-0.2, -0.15) is 0 Å². The van der Waals surface area contributed by atoms with Gasteiger partial charge in [-0.05, 0) is 47.5 Å². The molecule has 1 aliphatic rings. The second kappa shape index (κ2) is 4.79. The smallest absolute Gasteiger partial charge is 0.251 e. The van der Waals surface area contributed by atoms with Crippen LogP contribution in [-0.4, -0.2) is 31.4 Å². The van der Waals surface area contributed by atoms with Gasteiger partial charge in [-0.15, -0.1) is 0 Å². The van der Waals surface area contributed by atoms with Gasteiger partial charge < -0.3 is 11.1 Å². The molecule has 1 aromatic carbocycles. The van der Waals surface area contributed by atoms with E-state index in [1.165, 1.54) is 0 Å². The minimum atomic E-state index is -3.04. The number of hydrogen-bond acceptors (Lipinski definition) is 4. The summed E-state index contributed by atoms with van der Waals surface area (Å²) in [7, 11) is -3.04. The van der Waals surface area contributed by atoms with Crippen LogP contribution in [0.1, 0.15) is 23.7 Å². The minimum Gasteiger partial charge on any atom is -0.398 e. The third-order valence-electron chi connectivity index (χ3n) is 3.18. The Labute approximate surface area is 120 Å². The van der Waals surface area contributed by atoms with Crippen molar-refractivity contribution in [3.63, 3.8) is 0 Å². The van der Waals surface area contributed by atoms with Crippen LogP contribution in [0, 0.1) is 0 Å². The first kappa shape index (κ1) is 14.3. The molecule has 1 unspecified atom stereocenters. The van der Waals surface area contributed by atoms with E-state index in [4.69, 9.17) is 5.73 Å². The highest BCUT2D eigenvalue weighted by molar-refractivity contribution is 9.10. The normalized spacial score (nSPS) is 25.2. The number of carbonyl (C=O) groups is 1. The van der Waals surface area contributed by atoms with Crippen LogP contribution in [0.5, 0.6) is 0 Å². The highest BCUT2D eigenvalue weighted by Crippen LogP contribution is 2.24. The maximum atomic E-state index is 12.1. The lowest BCUT2D eigenvalue weighted by Gasteiger charge is -2.24. The Morgan fingerprint density at radius 3 is 2.68 bits per heavy atom. The number of hydrogen-bond donors (Lipinski definition) is 2. The summed E-state index contributed by atoms with van der Waals surface area (Å²) in [4.78, 5) is 12.1. The van der Waals surface area contributed by atoms with E-state index in [1.807, 2.05) is 0 Å². The third-order valence-corrected chi connectivity index (χ3v) is 5.77. The second-order valence-corrected chi connectivity index (χ2v) is 8.13. The summed E-state index contributed by atoms with van der Waals surface area (Å²) in [6, 6.07) is 4.87. The quantitative estimate of drug-likeness (QED) is 0.790. The lowest BCUT2D eigenvalue weighted by molar-refractivity contribution is 0.0915. The first-order valence-corrected chi connectivity index (χ1v) is 8.40. The second-order valence-electron chi connectivity index (χ2n) is 5.09. The largest absolute Gasteiger partial charge is 0.398 e. The Hall–Kier alpha value is -1.08. The number of anilines is 1. The van der Waals surface area contributed by atoms with Crippen molar-refractivity contribution in [1.82, 2.24) is 5.32 Å². The van der Waals surface area contributed by atoms with Crippen molar-refractivity contribution in [1.29, 1.82) is 0 Å². The highest BCUT2D eigenvalue weighted by Gasteiger charge is 2.39. The summed E-state index contributed by atoms with van der Waals surface area (Å²) in [5.41, 5.74) is 5.96. The lowest BCUT2D eigenvalue weighted by atomic mass is 10.0. The van der Waals surface area contributed by atoms with Gasteiger partial charge in [0, 0.05) is 15.7 Å². The van der Waals surface area contributed by atoms with Gasteiger partial charge in [0.1, 0.15) is 0 Å². The van der Waals surface area contributed by atoms with Gasteiger partial charge in [0.05, 0.1) is 17.0 Å². The molecule has 5 nitrogen and oxygen atoms in total. The van der Waals surface area contributed by atoms with E-state index in [0.29, 0.717) is 22.1 Å². The highest BCUT2D eigenvalue weighted by atomic mass is 79.9. The summed E-state index contributed by atoms with van der Waals surface area (Å²) in [6.45, 7) is 1.75. The zero-order valence-electron chi connectivity index (χ0n) is 10.4. The molecule has 0 spiro atoms. The molecule has 104 valence electrons. The van der Waals surface area contributed by atoms with E-state index in [1.54, 1.807) is 25.1 Å². The molecule has 1 atom stereocenters. The number of nitrogen functional groups attached to an aromatic ring is 1. The summed E-state index contributed by atoms with van der Waals surface area (Å²) < 4.78 is 23.6. The average Bonchev–Trinajstić information content (AvgIpc) is 2.56. The van der Waals surface area contributed by atoms with E-state index in [2.05, 4.69) is 21.2 Å². The van der Waals surface area contributed by atoms with Crippen LogP contribution in [-0.2, 0) is 9.84 Å². The topological polar surface area (TPSA) is 89.3 Å². The first-order chi connectivity index (χ1) is 8.71. The Kier molecular flexibility index (Phi) is 3.61. The molecule has 0 bridgehead atoms. The molecule has 3 N–H and O–H groups in total. The van der Waals surface area contributed by atoms with E-state index in [9.17, 15) is 13.2 Å². The van der Waals surface area contributed by atoms with Crippen LogP contribution in [0.3, 0.4) is 0 Å². The van der Waals surface area contributed by atoms with E-state index in [-0.39, 0.29) is 17.4 Å². The Morgan fingerprint density at radius 1 is 1.47 bits per heavy atom. The zero-order chi connectivity index (χ0) is 14.3. The van der Waals surface area contributed by atoms with Crippen molar-refractivity contribution in [2.45, 2.75) is 18.9 Å². The van der Waals surface area contributed by atoms with Crippen molar-refractivity contribution < 1.29 is 13.2 Å². The Balaban J connectivity index is 2.15. The fourth-order valence-corrected chi connectivity index (χ4v) is 4.60. The van der Waals surface area contributed by atoms with Crippen LogP contribution in [0.2, 0.25) is 0 Å². The molecule has 1 saturated heterocycles. The summed E-state index contributed by atoms with van der Waals surface area (Å²) in [5.74, 6) is -0.183. The molecule has 1 fully saturated rings. The van der Waals surface area contributed by atoms with Crippen LogP contribution >= 0.6 is 15.9 Å². The number of nitrogens with one attached hydrogen (secondary N) is 1. The van der Waals surface area contributed by atoms with E-state index < -0.39 is 15.4 Å². The van der Waals surface area contributed by atoms with E-state index in [0.717, 1.165) is 0 Å². The van der Waals surface area contributed by atoms with Crippen molar-refractivity contribution in [3.05, 3.63) is 28.2 Å². The minimum absolute atomic E-state index is 0.0120. The molecule has 0 aromatic heterocycles. The van der Waals surface area contributed by atoms with Crippen molar-refractivity contribution in [2.24, 2.45) is 0 Å². The van der Waals surface area contributed by atoms with Crippen molar-refractivity contribution in [3.8, 4) is 0 Å². The molecule has 0 saturated carbocycles. The van der Waals surface area contributed by atoms with E-state index >= 15 is 0 Å². The van der Waals surface area contributed by atoms with Gasteiger partial charge >= 0.3 is 0 Å². The molecule has 1 heterocycles. The molecule has 7 heteroatoms. The Morgan fingerprint density at radius 2 is 2.16 bits per heavy atom. The van der Waals surface area contributed by atoms with Crippen LogP contribution < -0.4 is 11.1 Å². The Bertz CT molecular complexity index is 630. The number of sulfone groups is 1. The van der Waals surface area contributed by atoms with Crippen molar-refractivity contribution >= 4 is 37.4 Å². The predicted octanol–water partition coefficient (Wildman–Crippen LogP) is 1.34. The standard InChI is InChI=1S/C12H15BrN2O3S/c1-12(4-5-19(17,18)7-12)15-11(16)8-2-3-10(14)9(13)6-8/h2-3,6H,4-5,7,14H2,1H3,(H,15,16). The zero-order valence-corrected chi connectivity index (χ0v) is 12.8. The number of benzene rings is 1. The molecular weight excluding hydrogens is 332 g/mol. The van der Waals surface area contributed by atoms with Crippen LogP contribution in [0.25, 0.3) is 0 Å². The molecule has 19 heavy (non-hydrogen) atoms. The maximum Gasteiger partial charge on any atom is 0.251 e. The SMILES string of the molecule is CC1(NC(=O)c2ccc(N)c(Br)c2)CCS(=O)(=O)C1. The van der Waals surface area contributed by atoms with Gasteiger partial charge in [0.25, 0.3) is 5.91 Å². The van der Waals surface area contributed by atoms with Crippen LogP contribution in [0.15, 0.2) is 22.7 Å². The predicted molar refractivity (Wildman–Crippen MR) is 77.7 cm³/mol. The van der Waals surface area contributed by atoms with Gasteiger partial charge in [-0.3, -0.25) is 4.79 Å². The van der Waals surface area contributed by atoms with Gasteiger partial charge in [0.15, 0.2) is 9.84 Å². The number of halogens is 1. The van der Waals surface area contributed by atoms with Crippen LogP contribution in [0.4, 0.5) is 5.69 Å². The number of amides is 1. The molecule has 2 rings (SSSR count). The summed E-state index contributed by atoms with van der Waals surface area (Å²) >= 11 is 3.26. The van der Waals surface area contributed by atoms with Gasteiger partial charge in [-0.25, -0.2) is 8.42 Å². The maximum absolute atomic E-state index is 12.1. The fraction of sp³-hybridized carbons (Fsp3) is 0.417. The first-order valence-electron chi connectivity index (χ1n) is 5.79.